The first-order valence-corrected chi connectivity index (χ1v) is 11.0. The molecule has 4 rings (SSSR count). The van der Waals surface area contributed by atoms with E-state index in [9.17, 15) is 0 Å². The normalized spacial score (nSPS) is 17.0. The highest BCUT2D eigenvalue weighted by atomic mass is 32.1. The molecule has 0 unspecified atom stereocenters. The van der Waals surface area contributed by atoms with E-state index < -0.39 is 0 Å². The zero-order valence-corrected chi connectivity index (χ0v) is 18.1. The third-order valence-corrected chi connectivity index (χ3v) is 6.07. The average Bonchev–Trinajstić information content (AvgIpc) is 2.74. The van der Waals surface area contributed by atoms with E-state index in [0.29, 0.717) is 11.1 Å². The number of nitrogens with zero attached hydrogens (tertiary/aromatic N) is 4. The monoisotopic (exact) mass is 410 g/mol. The number of fused-ring (bicyclic) bond motifs is 1. The van der Waals surface area contributed by atoms with Crippen LogP contribution in [0.25, 0.3) is 0 Å². The summed E-state index contributed by atoms with van der Waals surface area (Å²) in [7, 11) is 0. The molecule has 0 amide bonds. The first-order valence-electron chi connectivity index (χ1n) is 10.6. The summed E-state index contributed by atoms with van der Waals surface area (Å²) in [4.78, 5) is 14.3. The molecule has 0 atom stereocenters. The van der Waals surface area contributed by atoms with Crippen molar-refractivity contribution in [2.45, 2.75) is 39.7 Å². The summed E-state index contributed by atoms with van der Waals surface area (Å²) < 4.78 is 0. The van der Waals surface area contributed by atoms with Gasteiger partial charge in [0.25, 0.3) is 0 Å². The van der Waals surface area contributed by atoms with Crippen molar-refractivity contribution in [2.24, 2.45) is 5.92 Å². The Balaban J connectivity index is 1.61. The average molecular weight is 411 g/mol. The minimum absolute atomic E-state index is 0.562. The van der Waals surface area contributed by atoms with E-state index in [-0.39, 0.29) is 0 Å². The lowest BCUT2D eigenvalue weighted by Gasteiger charge is -2.33. The number of hydrogen-bond acceptors (Lipinski definition) is 5. The molecule has 154 valence electrons. The van der Waals surface area contributed by atoms with Crippen LogP contribution < -0.4 is 20.4 Å². The molecule has 2 aliphatic heterocycles. The number of piperidine rings is 1. The summed E-state index contributed by atoms with van der Waals surface area (Å²) in [5, 5.41) is 6.86. The molecule has 0 bridgehead atoms. The van der Waals surface area contributed by atoms with Crippen molar-refractivity contribution >= 4 is 34.9 Å². The lowest BCUT2D eigenvalue weighted by atomic mass is 9.99. The summed E-state index contributed by atoms with van der Waals surface area (Å²) in [6, 6.07) is 10.8. The van der Waals surface area contributed by atoms with E-state index in [2.05, 4.69) is 57.7 Å². The van der Waals surface area contributed by atoms with Crippen LogP contribution in [-0.2, 0) is 13.0 Å². The Hall–Kier alpha value is -2.41. The molecule has 1 fully saturated rings. The minimum atomic E-state index is 0.562. The first-order chi connectivity index (χ1) is 14.1. The molecule has 0 aliphatic carbocycles. The Morgan fingerprint density at radius 2 is 1.76 bits per heavy atom. The molecule has 0 saturated carbocycles. The minimum Gasteiger partial charge on any atom is -0.363 e. The number of hydrogen-bond donors (Lipinski definition) is 2. The molecule has 7 heteroatoms. The van der Waals surface area contributed by atoms with E-state index in [1.54, 1.807) is 0 Å². The molecule has 2 N–H and O–H groups in total. The Labute approximate surface area is 178 Å². The lowest BCUT2D eigenvalue weighted by Crippen LogP contribution is -2.35. The van der Waals surface area contributed by atoms with Crippen LogP contribution in [0.3, 0.4) is 0 Å². The summed E-state index contributed by atoms with van der Waals surface area (Å²) in [5.74, 6) is 3.30. The van der Waals surface area contributed by atoms with Crippen LogP contribution in [0.4, 0.5) is 17.6 Å². The summed E-state index contributed by atoms with van der Waals surface area (Å²) in [6.45, 7) is 9.04. The lowest BCUT2D eigenvalue weighted by molar-refractivity contribution is 0.436. The Morgan fingerprint density at radius 1 is 1.07 bits per heavy atom. The van der Waals surface area contributed by atoms with Gasteiger partial charge in [-0.25, -0.2) is 0 Å². The molecule has 1 saturated heterocycles. The predicted octanol–water partition coefficient (Wildman–Crippen LogP) is 3.58. The molecule has 3 heterocycles. The van der Waals surface area contributed by atoms with Crippen LogP contribution in [0.5, 0.6) is 0 Å². The largest absolute Gasteiger partial charge is 0.363 e. The van der Waals surface area contributed by atoms with Crippen LogP contribution in [-0.4, -0.2) is 41.3 Å². The zero-order valence-electron chi connectivity index (χ0n) is 17.3. The summed E-state index contributed by atoms with van der Waals surface area (Å²) >= 11 is 5.37. The smallest absolute Gasteiger partial charge is 0.232 e. The van der Waals surface area contributed by atoms with Gasteiger partial charge in [0.05, 0.1) is 0 Å². The highest BCUT2D eigenvalue weighted by Gasteiger charge is 2.22. The highest BCUT2D eigenvalue weighted by molar-refractivity contribution is 7.80. The molecular weight excluding hydrogens is 380 g/mol. The maximum absolute atomic E-state index is 5.37. The van der Waals surface area contributed by atoms with Crippen molar-refractivity contribution in [3.8, 4) is 0 Å². The van der Waals surface area contributed by atoms with Crippen molar-refractivity contribution in [1.82, 2.24) is 15.3 Å². The Bertz CT molecular complexity index is 862. The molecule has 2 aromatic rings. The van der Waals surface area contributed by atoms with Crippen molar-refractivity contribution < 1.29 is 0 Å². The van der Waals surface area contributed by atoms with Gasteiger partial charge >= 0.3 is 0 Å². The van der Waals surface area contributed by atoms with Gasteiger partial charge in [-0.2, -0.15) is 9.97 Å². The van der Waals surface area contributed by atoms with Crippen LogP contribution >= 0.6 is 12.2 Å². The van der Waals surface area contributed by atoms with Gasteiger partial charge in [-0.15, -0.1) is 0 Å². The Morgan fingerprint density at radius 3 is 2.48 bits per heavy atom. The molecule has 0 radical (unpaired) electrons. The van der Waals surface area contributed by atoms with Crippen LogP contribution in [0.1, 0.15) is 37.8 Å². The topological polar surface area (TPSA) is 56.3 Å². The van der Waals surface area contributed by atoms with Gasteiger partial charge < -0.3 is 20.4 Å². The summed E-state index contributed by atoms with van der Waals surface area (Å²) in [5.41, 5.74) is 2.82. The fourth-order valence-electron chi connectivity index (χ4n) is 4.04. The molecular formula is C22H30N6S. The zero-order chi connectivity index (χ0) is 20.2. The number of thiocarbonyl (C=S) groups is 1. The quantitative estimate of drug-likeness (QED) is 0.747. The molecule has 29 heavy (non-hydrogen) atoms. The van der Waals surface area contributed by atoms with E-state index in [0.717, 1.165) is 56.7 Å². The van der Waals surface area contributed by atoms with Gasteiger partial charge in [-0.05, 0) is 55.4 Å². The fraction of sp³-hybridized carbons (Fsp3) is 0.500. The van der Waals surface area contributed by atoms with Gasteiger partial charge in [0.1, 0.15) is 11.6 Å². The fourth-order valence-corrected chi connectivity index (χ4v) is 4.27. The Kier molecular flexibility index (Phi) is 6.13. The van der Waals surface area contributed by atoms with Crippen molar-refractivity contribution in [2.75, 3.05) is 41.3 Å². The second-order valence-corrected chi connectivity index (χ2v) is 8.41. The van der Waals surface area contributed by atoms with Crippen molar-refractivity contribution in [3.63, 3.8) is 0 Å². The van der Waals surface area contributed by atoms with Gasteiger partial charge in [-0.3, -0.25) is 0 Å². The number of nitrogens with one attached hydrogen (secondary N) is 2. The number of aromatic nitrogens is 2. The van der Waals surface area contributed by atoms with Crippen LogP contribution in [0.15, 0.2) is 30.3 Å². The third kappa shape index (κ3) is 4.78. The standard InChI is InChI=1S/C22H30N6S/c1-3-23-22(29)26-21-24-19(27-11-8-16(2)9-12-27)14-20(25-21)28-13-10-17-6-4-5-7-18(17)15-28/h4-7,14,16H,3,8-13,15H2,1-2H3,(H2,23,24,25,26,29). The second kappa shape index (κ2) is 8.95. The van der Waals surface area contributed by atoms with Crippen molar-refractivity contribution in [1.29, 1.82) is 0 Å². The molecule has 2 aliphatic rings. The SMILES string of the molecule is CCNC(=S)Nc1nc(N2CCC(C)CC2)cc(N2CCc3ccccc3C2)n1. The first kappa shape index (κ1) is 19.9. The van der Waals surface area contributed by atoms with E-state index in [4.69, 9.17) is 22.2 Å². The van der Waals surface area contributed by atoms with Crippen LogP contribution in [0, 0.1) is 5.92 Å². The van der Waals surface area contributed by atoms with E-state index >= 15 is 0 Å². The predicted molar refractivity (Wildman–Crippen MR) is 124 cm³/mol. The molecule has 1 aromatic carbocycles. The number of benzene rings is 1. The van der Waals surface area contributed by atoms with E-state index in [1.165, 1.54) is 24.0 Å². The van der Waals surface area contributed by atoms with Crippen molar-refractivity contribution in [3.05, 3.63) is 41.5 Å². The summed E-state index contributed by atoms with van der Waals surface area (Å²) in [6.07, 6.45) is 3.44. The van der Waals surface area contributed by atoms with Crippen LogP contribution in [0.2, 0.25) is 0 Å². The van der Waals surface area contributed by atoms with Gasteiger partial charge in [-0.1, -0.05) is 31.2 Å². The molecule has 6 nitrogen and oxygen atoms in total. The molecule has 0 spiro atoms. The number of rotatable bonds is 4. The third-order valence-electron chi connectivity index (χ3n) is 5.82. The maximum atomic E-state index is 5.37. The maximum Gasteiger partial charge on any atom is 0.232 e. The highest BCUT2D eigenvalue weighted by Crippen LogP contribution is 2.28. The van der Waals surface area contributed by atoms with E-state index in [1.807, 2.05) is 6.92 Å². The van der Waals surface area contributed by atoms with Gasteiger partial charge in [0.2, 0.25) is 5.95 Å². The van der Waals surface area contributed by atoms with Gasteiger partial charge in [0.15, 0.2) is 5.11 Å². The van der Waals surface area contributed by atoms with Gasteiger partial charge in [0, 0.05) is 38.8 Å². The second-order valence-electron chi connectivity index (χ2n) is 8.00. The number of anilines is 3. The molecule has 1 aromatic heterocycles.